The van der Waals surface area contributed by atoms with Crippen LogP contribution in [0.5, 0.6) is 0 Å². The van der Waals surface area contributed by atoms with E-state index in [1.807, 2.05) is 6.92 Å². The highest BCUT2D eigenvalue weighted by Gasteiger charge is 2.32. The first-order valence-corrected chi connectivity index (χ1v) is 8.77. The number of carbonyl (C=O) groups is 2. The van der Waals surface area contributed by atoms with Crippen LogP contribution in [0.4, 0.5) is 5.00 Å². The number of hydrogen-bond donors (Lipinski definition) is 3. The molecule has 0 bridgehead atoms. The third kappa shape index (κ3) is 3.85. The Labute approximate surface area is 143 Å². The molecule has 6 nitrogen and oxygen atoms in total. The molecule has 3 rings (SSSR count). The lowest BCUT2D eigenvalue weighted by atomic mass is 10.1. The highest BCUT2D eigenvalue weighted by Crippen LogP contribution is 2.34. The van der Waals surface area contributed by atoms with Crippen molar-refractivity contribution in [2.75, 3.05) is 11.9 Å². The fourth-order valence-corrected chi connectivity index (χ4v) is 3.62. The van der Waals surface area contributed by atoms with Crippen LogP contribution in [-0.4, -0.2) is 29.6 Å². The smallest absolute Gasteiger partial charge is 0.291 e. The number of hydrogen-bond acceptors (Lipinski definition) is 5. The third-order valence-electron chi connectivity index (χ3n) is 4.05. The second-order valence-corrected chi connectivity index (χ2v) is 7.04. The minimum Gasteiger partial charge on any atom is -0.459 e. The number of nitrogens with one attached hydrogen (secondary N) is 2. The van der Waals surface area contributed by atoms with Gasteiger partial charge in [-0.1, -0.05) is 0 Å². The predicted octanol–water partition coefficient (Wildman–Crippen LogP) is 2.79. The Morgan fingerprint density at radius 3 is 2.83 bits per heavy atom. The van der Waals surface area contributed by atoms with Gasteiger partial charge in [0.2, 0.25) is 0 Å². The molecule has 1 aliphatic carbocycles. The van der Waals surface area contributed by atoms with Gasteiger partial charge in [-0.25, -0.2) is 0 Å². The van der Waals surface area contributed by atoms with Crippen molar-refractivity contribution in [2.45, 2.75) is 32.2 Å². The van der Waals surface area contributed by atoms with Crippen molar-refractivity contribution in [3.05, 3.63) is 40.7 Å². The Kier molecular flexibility index (Phi) is 5.01. The summed E-state index contributed by atoms with van der Waals surface area (Å²) >= 11 is 1.24. The SMILES string of the molecule is Cc1cc(NC(=O)c2ccco2)sc1C(=O)NC(CCO)C1CC1. The monoisotopic (exact) mass is 348 g/mol. The molecule has 0 radical (unpaired) electrons. The normalized spacial score (nSPS) is 15.1. The Bertz CT molecular complexity index is 719. The number of amides is 2. The van der Waals surface area contributed by atoms with Crippen molar-refractivity contribution in [1.82, 2.24) is 5.32 Å². The van der Waals surface area contributed by atoms with E-state index in [9.17, 15) is 9.59 Å². The second-order valence-electron chi connectivity index (χ2n) is 5.98. The zero-order chi connectivity index (χ0) is 17.1. The first-order chi connectivity index (χ1) is 11.6. The van der Waals surface area contributed by atoms with E-state index in [4.69, 9.17) is 9.52 Å². The zero-order valence-corrected chi connectivity index (χ0v) is 14.2. The van der Waals surface area contributed by atoms with Crippen LogP contribution < -0.4 is 10.6 Å². The second kappa shape index (κ2) is 7.19. The maximum absolute atomic E-state index is 12.5. The number of aliphatic hydroxyl groups is 1. The van der Waals surface area contributed by atoms with Crippen LogP contribution in [0.2, 0.25) is 0 Å². The molecule has 0 aliphatic heterocycles. The summed E-state index contributed by atoms with van der Waals surface area (Å²) in [5, 5.41) is 15.5. The number of furan rings is 1. The maximum atomic E-state index is 12.5. The average molecular weight is 348 g/mol. The van der Waals surface area contributed by atoms with Gasteiger partial charge in [0.25, 0.3) is 11.8 Å². The summed E-state index contributed by atoms with van der Waals surface area (Å²) in [6.07, 6.45) is 4.20. The van der Waals surface area contributed by atoms with Crippen molar-refractivity contribution in [3.8, 4) is 0 Å². The summed E-state index contributed by atoms with van der Waals surface area (Å²) in [7, 11) is 0. The van der Waals surface area contributed by atoms with Crippen LogP contribution in [0.1, 0.15) is 45.1 Å². The van der Waals surface area contributed by atoms with Crippen LogP contribution in [-0.2, 0) is 0 Å². The molecule has 0 spiro atoms. The lowest BCUT2D eigenvalue weighted by Gasteiger charge is -2.16. The van der Waals surface area contributed by atoms with E-state index < -0.39 is 0 Å². The molecule has 0 aromatic carbocycles. The molecule has 24 heavy (non-hydrogen) atoms. The first-order valence-electron chi connectivity index (χ1n) is 7.95. The van der Waals surface area contributed by atoms with Crippen LogP contribution in [0.3, 0.4) is 0 Å². The fraction of sp³-hybridized carbons (Fsp3) is 0.412. The molecule has 2 heterocycles. The minimum atomic E-state index is -0.343. The molecule has 1 saturated carbocycles. The molecule has 2 amide bonds. The van der Waals surface area contributed by atoms with Crippen LogP contribution in [0.25, 0.3) is 0 Å². The van der Waals surface area contributed by atoms with Gasteiger partial charge in [-0.3, -0.25) is 9.59 Å². The Morgan fingerprint density at radius 1 is 1.42 bits per heavy atom. The van der Waals surface area contributed by atoms with E-state index in [1.165, 1.54) is 17.6 Å². The number of aliphatic hydroxyl groups excluding tert-OH is 1. The molecule has 2 aromatic rings. The summed E-state index contributed by atoms with van der Waals surface area (Å²) in [6.45, 7) is 1.90. The van der Waals surface area contributed by atoms with Gasteiger partial charge in [0.05, 0.1) is 16.1 Å². The molecule has 3 N–H and O–H groups in total. The summed E-state index contributed by atoms with van der Waals surface area (Å²) < 4.78 is 5.05. The molecule has 2 aromatic heterocycles. The van der Waals surface area contributed by atoms with E-state index >= 15 is 0 Å². The Morgan fingerprint density at radius 2 is 2.21 bits per heavy atom. The Hall–Kier alpha value is -2.12. The quantitative estimate of drug-likeness (QED) is 0.717. The third-order valence-corrected chi connectivity index (χ3v) is 5.20. The van der Waals surface area contributed by atoms with Crippen molar-refractivity contribution in [1.29, 1.82) is 0 Å². The average Bonchev–Trinajstić information content (AvgIpc) is 3.11. The molecule has 1 aliphatic rings. The van der Waals surface area contributed by atoms with Gasteiger partial charge in [0.1, 0.15) is 0 Å². The highest BCUT2D eigenvalue weighted by molar-refractivity contribution is 7.18. The van der Waals surface area contributed by atoms with Crippen molar-refractivity contribution in [3.63, 3.8) is 0 Å². The number of anilines is 1. The highest BCUT2D eigenvalue weighted by atomic mass is 32.1. The summed E-state index contributed by atoms with van der Waals surface area (Å²) in [6, 6.07) is 5.02. The van der Waals surface area contributed by atoms with Crippen molar-refractivity contribution < 1.29 is 19.1 Å². The molecule has 0 saturated heterocycles. The van der Waals surface area contributed by atoms with Gasteiger partial charge < -0.3 is 20.2 Å². The molecule has 1 atom stereocenters. The molecule has 7 heteroatoms. The number of aryl methyl sites for hydroxylation is 1. The molecule has 128 valence electrons. The number of thiophene rings is 1. The summed E-state index contributed by atoms with van der Waals surface area (Å²) in [5.41, 5.74) is 0.811. The molecule has 1 fully saturated rings. The van der Waals surface area contributed by atoms with E-state index in [0.29, 0.717) is 22.2 Å². The number of carbonyl (C=O) groups excluding carboxylic acids is 2. The van der Waals surface area contributed by atoms with Gasteiger partial charge in [0.15, 0.2) is 5.76 Å². The van der Waals surface area contributed by atoms with Crippen LogP contribution in [0.15, 0.2) is 28.9 Å². The summed E-state index contributed by atoms with van der Waals surface area (Å²) in [4.78, 5) is 25.1. The minimum absolute atomic E-state index is 0.0187. The predicted molar refractivity (Wildman–Crippen MR) is 91.4 cm³/mol. The van der Waals surface area contributed by atoms with Crippen LogP contribution in [0, 0.1) is 12.8 Å². The molecule has 1 unspecified atom stereocenters. The van der Waals surface area contributed by atoms with Crippen molar-refractivity contribution >= 4 is 28.2 Å². The lowest BCUT2D eigenvalue weighted by Crippen LogP contribution is -2.37. The van der Waals surface area contributed by atoms with Gasteiger partial charge in [-0.05, 0) is 55.9 Å². The zero-order valence-electron chi connectivity index (χ0n) is 13.4. The maximum Gasteiger partial charge on any atom is 0.291 e. The largest absolute Gasteiger partial charge is 0.459 e. The van der Waals surface area contributed by atoms with E-state index in [0.717, 1.165) is 18.4 Å². The van der Waals surface area contributed by atoms with Crippen molar-refractivity contribution in [2.24, 2.45) is 5.92 Å². The fourth-order valence-electron chi connectivity index (χ4n) is 2.65. The molecular weight excluding hydrogens is 328 g/mol. The van der Waals surface area contributed by atoms with E-state index in [2.05, 4.69) is 10.6 Å². The van der Waals surface area contributed by atoms with E-state index in [-0.39, 0.29) is 30.2 Å². The van der Waals surface area contributed by atoms with Crippen LogP contribution >= 0.6 is 11.3 Å². The number of rotatable bonds is 7. The first kappa shape index (κ1) is 16.7. The summed E-state index contributed by atoms with van der Waals surface area (Å²) in [5.74, 6) is 0.203. The standard InChI is InChI=1S/C17H20N2O4S/c1-10-9-14(19-16(21)13-3-2-8-23-13)24-15(10)17(22)18-12(6-7-20)11-4-5-11/h2-3,8-9,11-12,20H,4-7H2,1H3,(H,18,22)(H,19,21). The van der Waals surface area contributed by atoms with Gasteiger partial charge in [-0.2, -0.15) is 0 Å². The Balaban J connectivity index is 1.66. The van der Waals surface area contributed by atoms with E-state index in [1.54, 1.807) is 18.2 Å². The van der Waals surface area contributed by atoms with Gasteiger partial charge in [-0.15, -0.1) is 11.3 Å². The van der Waals surface area contributed by atoms with Gasteiger partial charge in [0, 0.05) is 12.6 Å². The van der Waals surface area contributed by atoms with Gasteiger partial charge >= 0.3 is 0 Å². The lowest BCUT2D eigenvalue weighted by molar-refractivity contribution is 0.0927. The topological polar surface area (TPSA) is 91.6 Å². The molecular formula is C17H20N2O4S.